The highest BCUT2D eigenvalue weighted by molar-refractivity contribution is 9.15. The summed E-state index contributed by atoms with van der Waals surface area (Å²) in [5.41, 5.74) is 0.470. The number of hydrogen-bond donors (Lipinski definition) is 0. The van der Waals surface area contributed by atoms with Crippen molar-refractivity contribution in [3.8, 4) is 5.75 Å². The summed E-state index contributed by atoms with van der Waals surface area (Å²) in [7, 11) is 0. The highest BCUT2D eigenvalue weighted by atomic mass is 79.9. The number of carbonyl (C=O) groups excluding carboxylic acids is 1. The number of carbonyl (C=O) groups is 1. The van der Waals surface area contributed by atoms with Crippen LogP contribution in [0.25, 0.3) is 0 Å². The minimum atomic E-state index is -0.135. The molecule has 0 amide bonds. The Morgan fingerprint density at radius 1 is 1.00 bits per heavy atom. The summed E-state index contributed by atoms with van der Waals surface area (Å²) in [5.74, 6) is 0.413. The summed E-state index contributed by atoms with van der Waals surface area (Å²) < 4.78 is 9.41. The molecule has 0 radical (unpaired) electrons. The minimum Gasteiger partial charge on any atom is -0.483 e. The van der Waals surface area contributed by atoms with Crippen molar-refractivity contribution in [3.63, 3.8) is 0 Å². The van der Waals surface area contributed by atoms with Crippen molar-refractivity contribution in [1.82, 2.24) is 0 Å². The molecule has 1 rings (SSSR count). The Hall–Kier alpha value is 0.830. The standard InChI is InChI=1S/C11H7Br5O2/c1-4(2)5(17)3-18-11-9(15)7(13)6(12)8(14)10(11)16/h1,3H2,2H3. The van der Waals surface area contributed by atoms with Crippen molar-refractivity contribution < 1.29 is 9.53 Å². The van der Waals surface area contributed by atoms with Crippen LogP contribution in [0, 0.1) is 0 Å². The lowest BCUT2D eigenvalue weighted by Crippen LogP contribution is -2.12. The largest absolute Gasteiger partial charge is 0.483 e. The molecule has 1 aromatic carbocycles. The van der Waals surface area contributed by atoms with E-state index in [0.29, 0.717) is 11.3 Å². The number of ether oxygens (including phenoxy) is 1. The fourth-order valence-electron chi connectivity index (χ4n) is 0.972. The van der Waals surface area contributed by atoms with Crippen LogP contribution in [-0.4, -0.2) is 12.4 Å². The first-order chi connectivity index (χ1) is 8.27. The van der Waals surface area contributed by atoms with Crippen LogP contribution in [0.3, 0.4) is 0 Å². The van der Waals surface area contributed by atoms with Gasteiger partial charge in [-0.05, 0) is 92.1 Å². The van der Waals surface area contributed by atoms with Gasteiger partial charge in [0.25, 0.3) is 0 Å². The molecule has 0 heterocycles. The summed E-state index contributed by atoms with van der Waals surface area (Å²) in [4.78, 5) is 11.5. The van der Waals surface area contributed by atoms with E-state index in [1.54, 1.807) is 6.92 Å². The molecule has 0 saturated carbocycles. The molecule has 2 nitrogen and oxygen atoms in total. The number of Topliss-reactive ketones (excluding diaryl/α,β-unsaturated/α-hetero) is 1. The van der Waals surface area contributed by atoms with Crippen LogP contribution in [0.2, 0.25) is 0 Å². The molecule has 1 aromatic rings. The van der Waals surface area contributed by atoms with Crippen LogP contribution in [0.4, 0.5) is 0 Å². The van der Waals surface area contributed by atoms with E-state index < -0.39 is 0 Å². The van der Waals surface area contributed by atoms with Crippen molar-refractivity contribution in [1.29, 1.82) is 0 Å². The van der Waals surface area contributed by atoms with E-state index >= 15 is 0 Å². The number of ketones is 1. The average molecular weight is 571 g/mol. The summed E-state index contributed by atoms with van der Waals surface area (Å²) in [6, 6.07) is 0. The second-order valence-corrected chi connectivity index (χ2v) is 7.36. The Morgan fingerprint density at radius 3 is 1.78 bits per heavy atom. The molecule has 98 valence electrons. The molecule has 0 atom stereocenters. The molecule has 0 bridgehead atoms. The SMILES string of the molecule is C=C(C)C(=O)COc1c(Br)c(Br)c(Br)c(Br)c1Br. The van der Waals surface area contributed by atoms with Crippen molar-refractivity contribution in [2.45, 2.75) is 6.92 Å². The molecule has 0 aliphatic heterocycles. The van der Waals surface area contributed by atoms with Gasteiger partial charge < -0.3 is 4.74 Å². The summed E-state index contributed by atoms with van der Waals surface area (Å²) in [6.45, 7) is 5.19. The Labute approximate surface area is 147 Å². The Kier molecular flexibility index (Phi) is 6.58. The van der Waals surface area contributed by atoms with Gasteiger partial charge in [0.05, 0.1) is 17.9 Å². The number of hydrogen-bond acceptors (Lipinski definition) is 2. The fourth-order valence-corrected chi connectivity index (χ4v) is 4.21. The van der Waals surface area contributed by atoms with Gasteiger partial charge >= 0.3 is 0 Å². The van der Waals surface area contributed by atoms with Crippen molar-refractivity contribution in [2.75, 3.05) is 6.61 Å². The zero-order valence-electron chi connectivity index (χ0n) is 9.12. The maximum atomic E-state index is 11.5. The second-order valence-electron chi connectivity index (χ2n) is 3.39. The van der Waals surface area contributed by atoms with Gasteiger partial charge in [0.15, 0.2) is 18.1 Å². The summed E-state index contributed by atoms with van der Waals surface area (Å²) in [6.07, 6.45) is 0. The quantitative estimate of drug-likeness (QED) is 0.251. The Balaban J connectivity index is 3.11. The van der Waals surface area contributed by atoms with Gasteiger partial charge in [0.1, 0.15) is 0 Å². The van der Waals surface area contributed by atoms with E-state index in [1.807, 2.05) is 0 Å². The molecule has 0 aromatic heterocycles. The maximum absolute atomic E-state index is 11.5. The molecule has 0 aliphatic rings. The number of rotatable bonds is 4. The predicted octanol–water partition coefficient (Wildman–Crippen LogP) is 6.02. The molecule has 0 N–H and O–H groups in total. The number of benzene rings is 1. The molecule has 0 saturated heterocycles. The van der Waals surface area contributed by atoms with Crippen molar-refractivity contribution in [2.24, 2.45) is 0 Å². The molecule has 7 heteroatoms. The molecule has 18 heavy (non-hydrogen) atoms. The molecule has 0 aliphatic carbocycles. The normalized spacial score (nSPS) is 10.3. The number of halogens is 5. The maximum Gasteiger partial charge on any atom is 0.195 e. The lowest BCUT2D eigenvalue weighted by Gasteiger charge is -2.14. The van der Waals surface area contributed by atoms with Crippen LogP contribution in [0.1, 0.15) is 6.92 Å². The summed E-state index contributed by atoms with van der Waals surface area (Å²) >= 11 is 17.1. The summed E-state index contributed by atoms with van der Waals surface area (Å²) in [5, 5.41) is 0. The lowest BCUT2D eigenvalue weighted by molar-refractivity contribution is -0.117. The first kappa shape index (κ1) is 16.9. The fraction of sp³-hybridized carbons (Fsp3) is 0.182. The lowest BCUT2D eigenvalue weighted by atomic mass is 10.2. The monoisotopic (exact) mass is 566 g/mol. The topological polar surface area (TPSA) is 26.3 Å². The molecule has 0 unspecified atom stereocenters. The van der Waals surface area contributed by atoms with Crippen LogP contribution < -0.4 is 4.74 Å². The zero-order valence-corrected chi connectivity index (χ0v) is 17.1. The first-order valence-electron chi connectivity index (χ1n) is 4.60. The van der Waals surface area contributed by atoms with Gasteiger partial charge in [-0.3, -0.25) is 4.79 Å². The van der Waals surface area contributed by atoms with Gasteiger partial charge in [-0.1, -0.05) is 6.58 Å². The Bertz CT molecular complexity index is 496. The van der Waals surface area contributed by atoms with E-state index in [2.05, 4.69) is 86.2 Å². The highest BCUT2D eigenvalue weighted by Crippen LogP contribution is 2.48. The average Bonchev–Trinajstić information content (AvgIpc) is 2.33. The first-order valence-corrected chi connectivity index (χ1v) is 8.56. The van der Waals surface area contributed by atoms with Crippen LogP contribution in [0.5, 0.6) is 5.75 Å². The van der Waals surface area contributed by atoms with Gasteiger partial charge in [-0.25, -0.2) is 0 Å². The van der Waals surface area contributed by atoms with E-state index in [4.69, 9.17) is 4.74 Å². The third-order valence-electron chi connectivity index (χ3n) is 1.99. The Morgan fingerprint density at radius 2 is 1.39 bits per heavy atom. The van der Waals surface area contributed by atoms with Crippen LogP contribution in [0.15, 0.2) is 34.5 Å². The van der Waals surface area contributed by atoms with E-state index in [1.165, 1.54) is 0 Å². The van der Waals surface area contributed by atoms with E-state index in [-0.39, 0.29) is 12.4 Å². The van der Waals surface area contributed by atoms with Crippen LogP contribution in [-0.2, 0) is 4.79 Å². The molecular weight excluding hydrogens is 564 g/mol. The smallest absolute Gasteiger partial charge is 0.195 e. The van der Waals surface area contributed by atoms with Crippen LogP contribution >= 0.6 is 79.6 Å². The molecule has 0 fully saturated rings. The van der Waals surface area contributed by atoms with E-state index in [9.17, 15) is 4.79 Å². The van der Waals surface area contributed by atoms with Gasteiger partial charge in [-0.2, -0.15) is 0 Å². The zero-order chi connectivity index (χ0) is 14.0. The van der Waals surface area contributed by atoms with Crippen molar-refractivity contribution >= 4 is 85.4 Å². The van der Waals surface area contributed by atoms with Gasteiger partial charge in [0, 0.05) is 4.47 Å². The van der Waals surface area contributed by atoms with Gasteiger partial charge in [-0.15, -0.1) is 0 Å². The minimum absolute atomic E-state index is 0.0486. The highest BCUT2D eigenvalue weighted by Gasteiger charge is 2.19. The third-order valence-corrected chi connectivity index (χ3v) is 8.01. The third kappa shape index (κ3) is 3.69. The molecular formula is C11H7Br5O2. The van der Waals surface area contributed by atoms with E-state index in [0.717, 1.165) is 22.4 Å². The predicted molar refractivity (Wildman–Crippen MR) is 90.3 cm³/mol. The second kappa shape index (κ2) is 7.02. The van der Waals surface area contributed by atoms with Crippen molar-refractivity contribution in [3.05, 3.63) is 34.5 Å². The molecule has 0 spiro atoms. The van der Waals surface area contributed by atoms with Gasteiger partial charge in [0.2, 0.25) is 0 Å².